The predicted molar refractivity (Wildman–Crippen MR) is 122 cm³/mol. The van der Waals surface area contributed by atoms with Crippen LogP contribution in [0.5, 0.6) is 0 Å². The van der Waals surface area contributed by atoms with Gasteiger partial charge in [0, 0.05) is 0 Å². The molecule has 5 nitrogen and oxygen atoms in total. The zero-order chi connectivity index (χ0) is 22.3. The van der Waals surface area contributed by atoms with Crippen LogP contribution in [-0.4, -0.2) is 32.1 Å². The minimum atomic E-state index is -0.682. The van der Waals surface area contributed by atoms with Crippen molar-refractivity contribution in [3.8, 4) is 5.69 Å². The number of aliphatic hydroxyl groups is 1. The third kappa shape index (κ3) is 2.60. The number of rotatable bonds is 2. The van der Waals surface area contributed by atoms with Crippen LogP contribution in [0.3, 0.4) is 0 Å². The SMILES string of the molecule is CC12Cc3cnn(-c4ccccc4)c3C=C1CCC1C2C(O)CC2(C)C(C(=O)O)CCC12. The highest BCUT2D eigenvalue weighted by Gasteiger charge is 2.63. The van der Waals surface area contributed by atoms with Crippen LogP contribution < -0.4 is 0 Å². The number of para-hydroxylation sites is 1. The van der Waals surface area contributed by atoms with Crippen LogP contribution >= 0.6 is 0 Å². The highest BCUT2D eigenvalue weighted by Crippen LogP contribution is 2.66. The second-order valence-corrected chi connectivity index (χ2v) is 11.1. The Bertz CT molecular complexity index is 1110. The van der Waals surface area contributed by atoms with Crippen LogP contribution in [0.15, 0.2) is 42.1 Å². The normalized spacial score (nSPS) is 40.0. The van der Waals surface area contributed by atoms with E-state index in [2.05, 4.69) is 32.1 Å². The summed E-state index contributed by atoms with van der Waals surface area (Å²) in [5, 5.41) is 26.1. The Morgan fingerprint density at radius 1 is 1.16 bits per heavy atom. The number of carboxylic acid groups (broad SMARTS) is 1. The standard InChI is InChI=1S/C27H32N2O3/c1-26-13-16-15-28-29(18-6-4-3-5-7-18)22(16)12-17(26)8-9-19-20-10-11-21(25(31)32)27(20,2)14-23(30)24(19)26/h3-7,12,15,19-21,23-24,30H,8-11,13-14H2,1-2H3,(H,31,32). The van der Waals surface area contributed by atoms with Gasteiger partial charge in [-0.05, 0) is 90.9 Å². The molecule has 4 aliphatic rings. The molecule has 7 atom stereocenters. The van der Waals surface area contributed by atoms with Crippen LogP contribution in [0.2, 0.25) is 0 Å². The van der Waals surface area contributed by atoms with E-state index < -0.39 is 12.1 Å². The maximum absolute atomic E-state index is 12.0. The highest BCUT2D eigenvalue weighted by atomic mass is 16.4. The summed E-state index contributed by atoms with van der Waals surface area (Å²) in [7, 11) is 0. The van der Waals surface area contributed by atoms with E-state index in [0.29, 0.717) is 18.3 Å². The van der Waals surface area contributed by atoms with E-state index >= 15 is 0 Å². The third-order valence-corrected chi connectivity index (χ3v) is 9.72. The summed E-state index contributed by atoms with van der Waals surface area (Å²) in [6.45, 7) is 4.48. The van der Waals surface area contributed by atoms with Crippen LogP contribution in [0.1, 0.15) is 57.2 Å². The first kappa shape index (κ1) is 20.2. The van der Waals surface area contributed by atoms with Crippen molar-refractivity contribution in [2.45, 2.75) is 58.5 Å². The summed E-state index contributed by atoms with van der Waals surface area (Å²) in [5.74, 6) is -0.0417. The lowest BCUT2D eigenvalue weighted by molar-refractivity contribution is -0.156. The number of carboxylic acids is 1. The molecule has 1 heterocycles. The molecular weight excluding hydrogens is 400 g/mol. The van der Waals surface area contributed by atoms with Crippen molar-refractivity contribution in [3.05, 3.63) is 53.4 Å². The van der Waals surface area contributed by atoms with Crippen LogP contribution in [0.25, 0.3) is 11.8 Å². The quantitative estimate of drug-likeness (QED) is 0.720. The zero-order valence-electron chi connectivity index (χ0n) is 18.9. The fraction of sp³-hybridized carbons (Fsp3) is 0.556. The number of fused-ring (bicyclic) bond motifs is 6. The molecular formula is C27H32N2O3. The molecule has 6 rings (SSSR count). The molecule has 168 valence electrons. The van der Waals surface area contributed by atoms with Crippen molar-refractivity contribution in [2.24, 2.45) is 34.5 Å². The Morgan fingerprint density at radius 3 is 2.69 bits per heavy atom. The summed E-state index contributed by atoms with van der Waals surface area (Å²) in [6, 6.07) is 10.3. The van der Waals surface area contributed by atoms with Crippen molar-refractivity contribution in [3.63, 3.8) is 0 Å². The summed E-state index contributed by atoms with van der Waals surface area (Å²) >= 11 is 0. The van der Waals surface area contributed by atoms with Gasteiger partial charge in [0.25, 0.3) is 0 Å². The van der Waals surface area contributed by atoms with E-state index in [1.54, 1.807) is 0 Å². The predicted octanol–water partition coefficient (Wildman–Crippen LogP) is 4.73. The van der Waals surface area contributed by atoms with Crippen molar-refractivity contribution < 1.29 is 15.0 Å². The molecule has 32 heavy (non-hydrogen) atoms. The molecule has 0 bridgehead atoms. The minimum Gasteiger partial charge on any atom is -0.481 e. The third-order valence-electron chi connectivity index (χ3n) is 9.72. The molecule has 0 saturated heterocycles. The molecule has 5 heteroatoms. The molecule has 0 amide bonds. The van der Waals surface area contributed by atoms with Gasteiger partial charge in [-0.15, -0.1) is 0 Å². The molecule has 0 aliphatic heterocycles. The topological polar surface area (TPSA) is 75.3 Å². The smallest absolute Gasteiger partial charge is 0.307 e. The Labute approximate surface area is 189 Å². The summed E-state index contributed by atoms with van der Waals surface area (Å²) in [4.78, 5) is 12.0. The van der Waals surface area contributed by atoms with Gasteiger partial charge in [-0.2, -0.15) is 5.10 Å². The number of allylic oxidation sites excluding steroid dienone is 1. The summed E-state index contributed by atoms with van der Waals surface area (Å²) in [6.07, 6.45) is 9.18. The van der Waals surface area contributed by atoms with E-state index in [1.807, 2.05) is 29.1 Å². The van der Waals surface area contributed by atoms with Crippen molar-refractivity contribution >= 4 is 12.0 Å². The molecule has 4 aliphatic carbocycles. The average Bonchev–Trinajstić information content (AvgIpc) is 3.31. The molecule has 0 radical (unpaired) electrons. The fourth-order valence-corrected chi connectivity index (χ4v) is 8.37. The minimum absolute atomic E-state index is 0.0947. The second-order valence-electron chi connectivity index (χ2n) is 11.1. The van der Waals surface area contributed by atoms with E-state index in [-0.39, 0.29) is 22.7 Å². The van der Waals surface area contributed by atoms with E-state index in [1.165, 1.54) is 16.8 Å². The molecule has 2 N–H and O–H groups in total. The lowest BCUT2D eigenvalue weighted by Crippen LogP contribution is -2.57. The lowest BCUT2D eigenvalue weighted by Gasteiger charge is -2.59. The molecule has 3 fully saturated rings. The first-order valence-corrected chi connectivity index (χ1v) is 12.1. The Hall–Kier alpha value is -2.40. The number of aliphatic carboxylic acids is 1. The Kier molecular flexibility index (Phi) is 4.30. The first-order valence-electron chi connectivity index (χ1n) is 12.1. The van der Waals surface area contributed by atoms with Gasteiger partial charge in [0.2, 0.25) is 0 Å². The van der Waals surface area contributed by atoms with Gasteiger partial charge in [-0.3, -0.25) is 4.79 Å². The highest BCUT2D eigenvalue weighted by molar-refractivity contribution is 5.71. The molecule has 1 aromatic heterocycles. The second kappa shape index (κ2) is 6.80. The van der Waals surface area contributed by atoms with Gasteiger partial charge in [-0.25, -0.2) is 4.68 Å². The van der Waals surface area contributed by atoms with Gasteiger partial charge >= 0.3 is 5.97 Å². The fourth-order valence-electron chi connectivity index (χ4n) is 8.37. The lowest BCUT2D eigenvalue weighted by atomic mass is 9.46. The maximum atomic E-state index is 12.0. The molecule has 0 spiro atoms. The molecule has 3 saturated carbocycles. The van der Waals surface area contributed by atoms with E-state index in [0.717, 1.165) is 37.8 Å². The molecule has 2 aromatic rings. The number of benzene rings is 1. The monoisotopic (exact) mass is 432 g/mol. The van der Waals surface area contributed by atoms with Crippen molar-refractivity contribution in [1.82, 2.24) is 9.78 Å². The average molecular weight is 433 g/mol. The largest absolute Gasteiger partial charge is 0.481 e. The van der Waals surface area contributed by atoms with Gasteiger partial charge in [0.15, 0.2) is 0 Å². The van der Waals surface area contributed by atoms with Crippen LogP contribution in [0.4, 0.5) is 0 Å². The van der Waals surface area contributed by atoms with Gasteiger partial charge in [0.1, 0.15) is 0 Å². The van der Waals surface area contributed by atoms with Crippen molar-refractivity contribution in [2.75, 3.05) is 0 Å². The molecule has 7 unspecified atom stereocenters. The number of aliphatic hydroxyl groups excluding tert-OH is 1. The van der Waals surface area contributed by atoms with Gasteiger partial charge in [0.05, 0.1) is 29.6 Å². The van der Waals surface area contributed by atoms with E-state index in [4.69, 9.17) is 5.10 Å². The number of hydrogen-bond acceptors (Lipinski definition) is 3. The first-order chi connectivity index (χ1) is 15.3. The summed E-state index contributed by atoms with van der Waals surface area (Å²) in [5.41, 5.74) is 4.53. The molecule has 1 aromatic carbocycles. The van der Waals surface area contributed by atoms with Crippen molar-refractivity contribution in [1.29, 1.82) is 0 Å². The number of nitrogens with zero attached hydrogens (tertiary/aromatic N) is 2. The Morgan fingerprint density at radius 2 is 1.94 bits per heavy atom. The van der Waals surface area contributed by atoms with Crippen LogP contribution in [0, 0.1) is 34.5 Å². The van der Waals surface area contributed by atoms with Gasteiger partial charge in [-0.1, -0.05) is 37.6 Å². The number of aromatic nitrogens is 2. The Balaban J connectivity index is 1.38. The number of hydrogen-bond donors (Lipinski definition) is 2. The number of carbonyl (C=O) groups is 1. The van der Waals surface area contributed by atoms with E-state index in [9.17, 15) is 15.0 Å². The van der Waals surface area contributed by atoms with Crippen LogP contribution in [-0.2, 0) is 11.2 Å². The zero-order valence-corrected chi connectivity index (χ0v) is 18.9. The van der Waals surface area contributed by atoms with Gasteiger partial charge < -0.3 is 10.2 Å². The maximum Gasteiger partial charge on any atom is 0.307 e. The summed E-state index contributed by atoms with van der Waals surface area (Å²) < 4.78 is 2.04.